The first kappa shape index (κ1) is 13.5. The molecule has 1 aromatic carbocycles. The number of rotatable bonds is 4. The normalized spacial score (nSPS) is 11.9. The van der Waals surface area contributed by atoms with Gasteiger partial charge in [0.25, 0.3) is 0 Å². The van der Waals surface area contributed by atoms with Crippen LogP contribution in [0.5, 0.6) is 0 Å². The summed E-state index contributed by atoms with van der Waals surface area (Å²) < 4.78 is 27.3. The molecule has 1 heterocycles. The number of nitriles is 1. The zero-order chi connectivity index (χ0) is 13.8. The van der Waals surface area contributed by atoms with Crippen LogP contribution in [-0.4, -0.2) is 0 Å². The van der Waals surface area contributed by atoms with Crippen LogP contribution in [0.4, 0.5) is 14.5 Å². The zero-order valence-corrected chi connectivity index (χ0v) is 11.1. The molecule has 0 spiro atoms. The Balaban J connectivity index is 2.29. The lowest BCUT2D eigenvalue weighted by Gasteiger charge is -2.17. The highest BCUT2D eigenvalue weighted by atomic mass is 32.1. The Labute approximate surface area is 114 Å². The second-order valence-electron chi connectivity index (χ2n) is 4.02. The SMILES string of the molecule is CCC(Nc1ccc(C#N)c(F)c1F)c1cccs1. The molecule has 1 unspecified atom stereocenters. The molecule has 0 saturated heterocycles. The van der Waals surface area contributed by atoms with Gasteiger partial charge in [-0.05, 0) is 30.0 Å². The standard InChI is InChI=1S/C14H12F2N2S/c1-2-10(12-4-3-7-19-12)18-11-6-5-9(8-17)13(15)14(11)16/h3-7,10,18H,2H2,1H3. The van der Waals surface area contributed by atoms with Crippen LogP contribution in [0.25, 0.3) is 0 Å². The van der Waals surface area contributed by atoms with Crippen LogP contribution in [0, 0.1) is 23.0 Å². The molecule has 0 aliphatic rings. The van der Waals surface area contributed by atoms with Crippen molar-refractivity contribution >= 4 is 17.0 Å². The summed E-state index contributed by atoms with van der Waals surface area (Å²) in [6, 6.07) is 8.09. The van der Waals surface area contributed by atoms with Crippen molar-refractivity contribution in [2.75, 3.05) is 5.32 Å². The molecular weight excluding hydrogens is 266 g/mol. The fourth-order valence-electron chi connectivity index (χ4n) is 1.80. The number of nitrogens with one attached hydrogen (secondary N) is 1. The highest BCUT2D eigenvalue weighted by Crippen LogP contribution is 2.28. The van der Waals surface area contributed by atoms with Gasteiger partial charge in [0.05, 0.1) is 17.3 Å². The van der Waals surface area contributed by atoms with Crippen molar-refractivity contribution in [1.82, 2.24) is 0 Å². The Bertz CT molecular complexity index is 603. The minimum atomic E-state index is -1.10. The van der Waals surface area contributed by atoms with E-state index in [4.69, 9.17) is 5.26 Å². The van der Waals surface area contributed by atoms with Crippen molar-refractivity contribution in [3.05, 3.63) is 51.7 Å². The summed E-state index contributed by atoms with van der Waals surface area (Å²) in [5.41, 5.74) is -0.205. The van der Waals surface area contributed by atoms with Crippen molar-refractivity contribution in [2.45, 2.75) is 19.4 Å². The third-order valence-electron chi connectivity index (χ3n) is 2.83. The Morgan fingerprint density at radius 2 is 2.11 bits per heavy atom. The number of benzene rings is 1. The lowest BCUT2D eigenvalue weighted by Crippen LogP contribution is -2.10. The second-order valence-corrected chi connectivity index (χ2v) is 5.00. The summed E-state index contributed by atoms with van der Waals surface area (Å²) in [4.78, 5) is 1.06. The van der Waals surface area contributed by atoms with E-state index in [0.29, 0.717) is 0 Å². The second kappa shape index (κ2) is 5.81. The van der Waals surface area contributed by atoms with Gasteiger partial charge in [-0.3, -0.25) is 0 Å². The molecule has 1 aromatic heterocycles. The van der Waals surface area contributed by atoms with Gasteiger partial charge in [0.1, 0.15) is 6.07 Å². The monoisotopic (exact) mass is 278 g/mol. The van der Waals surface area contributed by atoms with Crippen molar-refractivity contribution < 1.29 is 8.78 Å². The molecule has 0 amide bonds. The average molecular weight is 278 g/mol. The van der Waals surface area contributed by atoms with Gasteiger partial charge in [0.15, 0.2) is 11.6 Å². The predicted octanol–water partition coefficient (Wildman–Crippen LogP) is 4.46. The molecule has 2 rings (SSSR count). The maximum absolute atomic E-state index is 13.8. The Hall–Kier alpha value is -1.93. The van der Waals surface area contributed by atoms with Crippen LogP contribution >= 0.6 is 11.3 Å². The van der Waals surface area contributed by atoms with Gasteiger partial charge in [0.2, 0.25) is 0 Å². The fourth-order valence-corrected chi connectivity index (χ4v) is 2.66. The predicted molar refractivity (Wildman–Crippen MR) is 72.0 cm³/mol. The molecule has 0 bridgehead atoms. The van der Waals surface area contributed by atoms with Gasteiger partial charge in [-0.1, -0.05) is 13.0 Å². The first-order valence-corrected chi connectivity index (χ1v) is 6.73. The van der Waals surface area contributed by atoms with Crippen LogP contribution in [0.3, 0.4) is 0 Å². The molecule has 98 valence electrons. The smallest absolute Gasteiger partial charge is 0.183 e. The first-order chi connectivity index (χ1) is 9.17. The molecule has 2 nitrogen and oxygen atoms in total. The molecule has 0 saturated carbocycles. The number of thiophene rings is 1. The maximum Gasteiger partial charge on any atom is 0.183 e. The average Bonchev–Trinajstić information content (AvgIpc) is 2.94. The minimum absolute atomic E-state index is 0.0677. The van der Waals surface area contributed by atoms with Crippen LogP contribution in [0.2, 0.25) is 0 Å². The van der Waals surface area contributed by atoms with Crippen molar-refractivity contribution in [2.24, 2.45) is 0 Å². The molecule has 2 aromatic rings. The van der Waals surface area contributed by atoms with E-state index >= 15 is 0 Å². The Morgan fingerprint density at radius 3 is 2.68 bits per heavy atom. The van der Waals surface area contributed by atoms with Gasteiger partial charge in [-0.25, -0.2) is 8.78 Å². The topological polar surface area (TPSA) is 35.8 Å². The largest absolute Gasteiger partial charge is 0.375 e. The van der Waals surface area contributed by atoms with E-state index < -0.39 is 11.6 Å². The van der Waals surface area contributed by atoms with E-state index in [1.165, 1.54) is 12.1 Å². The molecule has 19 heavy (non-hydrogen) atoms. The van der Waals surface area contributed by atoms with Crippen LogP contribution < -0.4 is 5.32 Å². The van der Waals surface area contributed by atoms with Crippen LogP contribution in [0.15, 0.2) is 29.6 Å². The number of hydrogen-bond acceptors (Lipinski definition) is 3. The van der Waals surface area contributed by atoms with Gasteiger partial charge >= 0.3 is 0 Å². The van der Waals surface area contributed by atoms with Crippen LogP contribution in [0.1, 0.15) is 29.8 Å². The van der Waals surface area contributed by atoms with E-state index in [1.807, 2.05) is 24.4 Å². The summed E-state index contributed by atoms with van der Waals surface area (Å²) in [5.74, 6) is -2.11. The highest BCUT2D eigenvalue weighted by molar-refractivity contribution is 7.10. The van der Waals surface area contributed by atoms with E-state index in [2.05, 4.69) is 5.32 Å². The summed E-state index contributed by atoms with van der Waals surface area (Å²) in [7, 11) is 0. The fraction of sp³-hybridized carbons (Fsp3) is 0.214. The molecule has 1 N–H and O–H groups in total. The third-order valence-corrected chi connectivity index (χ3v) is 3.81. The van der Waals surface area contributed by atoms with Crippen molar-refractivity contribution in [3.63, 3.8) is 0 Å². The molecule has 0 radical (unpaired) electrons. The summed E-state index contributed by atoms with van der Waals surface area (Å²) in [6.07, 6.45) is 0.752. The Kier molecular flexibility index (Phi) is 4.13. The van der Waals surface area contributed by atoms with Gasteiger partial charge in [-0.2, -0.15) is 5.26 Å². The molecule has 5 heteroatoms. The lowest BCUT2D eigenvalue weighted by atomic mass is 10.1. The third kappa shape index (κ3) is 2.74. The van der Waals surface area contributed by atoms with Crippen LogP contribution in [-0.2, 0) is 0 Å². The van der Waals surface area contributed by atoms with E-state index in [-0.39, 0.29) is 17.3 Å². The Morgan fingerprint density at radius 1 is 1.32 bits per heavy atom. The summed E-state index contributed by atoms with van der Waals surface area (Å²) >= 11 is 1.56. The van der Waals surface area contributed by atoms with Gasteiger partial charge < -0.3 is 5.32 Å². The number of hydrogen-bond donors (Lipinski definition) is 1. The molecule has 0 aliphatic carbocycles. The quantitative estimate of drug-likeness (QED) is 0.896. The summed E-state index contributed by atoms with van der Waals surface area (Å²) in [5, 5.41) is 13.6. The minimum Gasteiger partial charge on any atom is -0.375 e. The lowest BCUT2D eigenvalue weighted by molar-refractivity contribution is 0.507. The zero-order valence-electron chi connectivity index (χ0n) is 10.3. The molecule has 0 aliphatic heterocycles. The first-order valence-electron chi connectivity index (χ1n) is 5.85. The number of nitrogens with zero attached hydrogens (tertiary/aromatic N) is 1. The van der Waals surface area contributed by atoms with Gasteiger partial charge in [0, 0.05) is 4.88 Å². The van der Waals surface area contributed by atoms with E-state index in [1.54, 1.807) is 17.4 Å². The van der Waals surface area contributed by atoms with Crippen molar-refractivity contribution in [3.8, 4) is 6.07 Å². The number of anilines is 1. The molecular formula is C14H12F2N2S. The number of halogens is 2. The van der Waals surface area contributed by atoms with Crippen molar-refractivity contribution in [1.29, 1.82) is 5.26 Å². The highest BCUT2D eigenvalue weighted by Gasteiger charge is 2.17. The summed E-state index contributed by atoms with van der Waals surface area (Å²) in [6.45, 7) is 1.97. The van der Waals surface area contributed by atoms with Gasteiger partial charge in [-0.15, -0.1) is 11.3 Å². The van der Waals surface area contributed by atoms with E-state index in [0.717, 1.165) is 11.3 Å². The molecule has 0 fully saturated rings. The van der Waals surface area contributed by atoms with E-state index in [9.17, 15) is 8.78 Å². The maximum atomic E-state index is 13.8. The molecule has 1 atom stereocenters.